The second kappa shape index (κ2) is 6.32. The van der Waals surface area contributed by atoms with Crippen molar-refractivity contribution in [1.82, 2.24) is 14.9 Å². The van der Waals surface area contributed by atoms with Gasteiger partial charge in [0.25, 0.3) is 0 Å². The monoisotopic (exact) mass is 338 g/mol. The van der Waals surface area contributed by atoms with E-state index in [-0.39, 0.29) is 6.17 Å². The lowest BCUT2D eigenvalue weighted by atomic mass is 10.2. The molecule has 0 spiro atoms. The van der Waals surface area contributed by atoms with E-state index < -0.39 is 0 Å². The molecule has 0 saturated heterocycles. The Morgan fingerprint density at radius 1 is 1.26 bits per heavy atom. The predicted molar refractivity (Wildman–Crippen MR) is 96.6 cm³/mol. The number of amidine groups is 1. The van der Waals surface area contributed by atoms with Crippen LogP contribution in [0.2, 0.25) is 0 Å². The van der Waals surface area contributed by atoms with E-state index in [1.165, 1.54) is 25.7 Å². The number of hydrogen-bond donors (Lipinski definition) is 1. The number of aliphatic imine (C=N–C) groups is 1. The van der Waals surface area contributed by atoms with Gasteiger partial charge < -0.3 is 9.80 Å². The number of hydrogen-bond acceptors (Lipinski definition) is 5. The quantitative estimate of drug-likeness (QED) is 0.858. The Morgan fingerprint density at radius 2 is 1.91 bits per heavy atom. The number of rotatable bonds is 4. The highest BCUT2D eigenvalue weighted by atomic mass is 35.5. The molecule has 128 valence electrons. The first-order valence-corrected chi connectivity index (χ1v) is 8.80. The van der Waals surface area contributed by atoms with E-state index in [2.05, 4.69) is 40.7 Å². The van der Waals surface area contributed by atoms with Gasteiger partial charge in [-0.1, -0.05) is 12.8 Å². The van der Waals surface area contributed by atoms with Gasteiger partial charge in [0.15, 0.2) is 0 Å². The Bertz CT molecular complexity index is 602. The van der Waals surface area contributed by atoms with Crippen molar-refractivity contribution in [2.45, 2.75) is 57.8 Å². The molecule has 1 aromatic heterocycles. The van der Waals surface area contributed by atoms with Crippen LogP contribution in [0.25, 0.3) is 0 Å². The maximum absolute atomic E-state index is 6.38. The van der Waals surface area contributed by atoms with Crippen LogP contribution in [0.5, 0.6) is 0 Å². The molecule has 1 saturated carbocycles. The van der Waals surface area contributed by atoms with Crippen LogP contribution in [-0.2, 0) is 7.05 Å². The smallest absolute Gasteiger partial charge is 0.207 e. The second-order valence-electron chi connectivity index (χ2n) is 6.89. The normalized spacial score (nSPS) is 21.8. The average Bonchev–Trinajstić information content (AvgIpc) is 3.11. The third kappa shape index (κ3) is 2.94. The van der Waals surface area contributed by atoms with Crippen molar-refractivity contribution >= 4 is 28.7 Å². The molecule has 0 amide bonds. The summed E-state index contributed by atoms with van der Waals surface area (Å²) in [4.78, 5) is 13.6. The minimum absolute atomic E-state index is 0.155. The van der Waals surface area contributed by atoms with Gasteiger partial charge >= 0.3 is 0 Å². The summed E-state index contributed by atoms with van der Waals surface area (Å²) in [6.45, 7) is 4.32. The fourth-order valence-corrected chi connectivity index (χ4v) is 3.58. The van der Waals surface area contributed by atoms with E-state index in [1.807, 2.05) is 19.0 Å². The van der Waals surface area contributed by atoms with E-state index in [0.717, 1.165) is 17.5 Å². The van der Waals surface area contributed by atoms with Gasteiger partial charge in [0.2, 0.25) is 11.2 Å². The van der Waals surface area contributed by atoms with Gasteiger partial charge in [-0.2, -0.15) is 0 Å². The van der Waals surface area contributed by atoms with E-state index >= 15 is 0 Å². The molecule has 1 fully saturated rings. The number of aromatic nitrogens is 2. The molecule has 0 bridgehead atoms. The van der Waals surface area contributed by atoms with Crippen LogP contribution in [0.1, 0.15) is 51.4 Å². The van der Waals surface area contributed by atoms with Gasteiger partial charge in [-0.05, 0) is 38.3 Å². The third-order valence-electron chi connectivity index (χ3n) is 5.00. The van der Waals surface area contributed by atoms with Gasteiger partial charge in [-0.25, -0.2) is 9.98 Å². The zero-order valence-electron chi connectivity index (χ0n) is 14.7. The topological polar surface area (TPSA) is 48.7 Å². The lowest BCUT2D eigenvalue weighted by Crippen LogP contribution is -2.37. The van der Waals surface area contributed by atoms with Crippen LogP contribution in [0.3, 0.4) is 0 Å². The average molecular weight is 339 g/mol. The zero-order valence-corrected chi connectivity index (χ0v) is 15.4. The lowest BCUT2D eigenvalue weighted by molar-refractivity contribution is 0.442. The van der Waals surface area contributed by atoms with Crippen molar-refractivity contribution in [3.8, 4) is 0 Å². The summed E-state index contributed by atoms with van der Waals surface area (Å²) in [5.41, 5.74) is 0.966. The first kappa shape index (κ1) is 16.6. The Hall–Kier alpha value is -1.27. The SMILES string of the molecule is CC(C)N(C)c1nc2c(n1C)N(C)C(Cl)=NC2NC1CCCC1. The van der Waals surface area contributed by atoms with Crippen LogP contribution in [0.4, 0.5) is 11.8 Å². The molecule has 2 aliphatic rings. The number of halogens is 1. The Morgan fingerprint density at radius 3 is 2.52 bits per heavy atom. The van der Waals surface area contributed by atoms with E-state index in [9.17, 15) is 0 Å². The molecule has 1 atom stereocenters. The maximum atomic E-state index is 6.38. The van der Waals surface area contributed by atoms with Gasteiger partial charge in [0.05, 0.1) is 0 Å². The molecule has 23 heavy (non-hydrogen) atoms. The molecule has 1 unspecified atom stereocenters. The van der Waals surface area contributed by atoms with Crippen LogP contribution in [0.15, 0.2) is 4.99 Å². The second-order valence-corrected chi connectivity index (χ2v) is 7.23. The first-order chi connectivity index (χ1) is 10.9. The van der Waals surface area contributed by atoms with E-state index in [1.54, 1.807) is 0 Å². The molecule has 2 heterocycles. The van der Waals surface area contributed by atoms with E-state index in [4.69, 9.17) is 16.6 Å². The van der Waals surface area contributed by atoms with Gasteiger partial charge in [-0.15, -0.1) is 0 Å². The molecule has 7 heteroatoms. The molecule has 3 rings (SSSR count). The van der Waals surface area contributed by atoms with Crippen molar-refractivity contribution in [1.29, 1.82) is 0 Å². The standard InChI is InChI=1S/C16H27ClN6/c1-10(2)21(3)16-19-12-13(18-11-8-6-7-9-11)20-15(17)22(4)14(12)23(16)5/h10-11,13,18H,6-9H2,1-5H3. The maximum Gasteiger partial charge on any atom is 0.207 e. The summed E-state index contributed by atoms with van der Waals surface area (Å²) in [7, 11) is 6.05. The minimum Gasteiger partial charge on any atom is -0.343 e. The Balaban J connectivity index is 1.97. The molecule has 1 aromatic rings. The van der Waals surface area contributed by atoms with Crippen LogP contribution < -0.4 is 15.1 Å². The van der Waals surface area contributed by atoms with Crippen LogP contribution in [-0.4, -0.2) is 41.0 Å². The van der Waals surface area contributed by atoms with Crippen LogP contribution in [0, 0.1) is 0 Å². The molecule has 6 nitrogen and oxygen atoms in total. The first-order valence-electron chi connectivity index (χ1n) is 8.42. The number of anilines is 2. The Labute approximate surface area is 143 Å². The van der Waals surface area contributed by atoms with Gasteiger partial charge in [-0.3, -0.25) is 9.88 Å². The lowest BCUT2D eigenvalue weighted by Gasteiger charge is -2.29. The largest absolute Gasteiger partial charge is 0.343 e. The number of nitrogens with one attached hydrogen (secondary N) is 1. The summed E-state index contributed by atoms with van der Waals surface area (Å²) >= 11 is 6.38. The summed E-state index contributed by atoms with van der Waals surface area (Å²) in [5, 5.41) is 4.15. The van der Waals surface area contributed by atoms with Gasteiger partial charge in [0.1, 0.15) is 17.7 Å². The molecular weight excluding hydrogens is 312 g/mol. The summed E-state index contributed by atoms with van der Waals surface area (Å²) in [6.07, 6.45) is 4.84. The summed E-state index contributed by atoms with van der Waals surface area (Å²) < 4.78 is 2.11. The van der Waals surface area contributed by atoms with Crippen molar-refractivity contribution in [2.24, 2.45) is 12.0 Å². The highest BCUT2D eigenvalue weighted by Gasteiger charge is 2.33. The minimum atomic E-state index is -0.155. The molecule has 1 aliphatic carbocycles. The van der Waals surface area contributed by atoms with Crippen molar-refractivity contribution in [3.05, 3.63) is 5.69 Å². The fraction of sp³-hybridized carbons (Fsp3) is 0.750. The van der Waals surface area contributed by atoms with Crippen LogP contribution >= 0.6 is 11.6 Å². The number of nitrogens with zero attached hydrogens (tertiary/aromatic N) is 5. The summed E-state index contributed by atoms with van der Waals surface area (Å²) in [5.74, 6) is 1.96. The highest BCUT2D eigenvalue weighted by molar-refractivity contribution is 6.68. The van der Waals surface area contributed by atoms with E-state index in [0.29, 0.717) is 17.4 Å². The third-order valence-corrected chi connectivity index (χ3v) is 5.35. The molecule has 1 aliphatic heterocycles. The fourth-order valence-electron chi connectivity index (χ4n) is 3.40. The van der Waals surface area contributed by atoms with Crippen molar-refractivity contribution < 1.29 is 0 Å². The molecule has 0 aromatic carbocycles. The highest BCUT2D eigenvalue weighted by Crippen LogP contribution is 2.36. The molecular formula is C16H27ClN6. The van der Waals surface area contributed by atoms with Crippen molar-refractivity contribution in [2.75, 3.05) is 23.9 Å². The summed E-state index contributed by atoms with van der Waals surface area (Å²) in [6, 6.07) is 0.887. The zero-order chi connectivity index (χ0) is 16.7. The van der Waals surface area contributed by atoms with Crippen molar-refractivity contribution in [3.63, 3.8) is 0 Å². The number of imidazole rings is 1. The Kier molecular flexibility index (Phi) is 4.56. The number of fused-ring (bicyclic) bond motifs is 1. The molecule has 0 radical (unpaired) electrons. The van der Waals surface area contributed by atoms with Gasteiger partial charge in [0, 0.05) is 33.2 Å². The molecule has 1 N–H and O–H groups in total. The predicted octanol–water partition coefficient (Wildman–Crippen LogP) is 2.84.